The Bertz CT molecular complexity index is 3080. The second kappa shape index (κ2) is 16.7. The zero-order valence-corrected chi connectivity index (χ0v) is 38.0. The number of amides is 1. The van der Waals surface area contributed by atoms with Crippen molar-refractivity contribution < 1.29 is 61.3 Å². The minimum atomic E-state index is -5.17. The van der Waals surface area contributed by atoms with Crippen LogP contribution in [0.25, 0.3) is 22.0 Å². The molecule has 24 heteroatoms. The van der Waals surface area contributed by atoms with Crippen LogP contribution in [0.15, 0.2) is 42.5 Å². The number of fused-ring (bicyclic) bond motifs is 4. The number of pyridine rings is 1. The number of sulfone groups is 1. The van der Waals surface area contributed by atoms with Crippen molar-refractivity contribution in [3.8, 4) is 23.0 Å². The van der Waals surface area contributed by atoms with Crippen LogP contribution in [0.5, 0.6) is 0 Å². The van der Waals surface area contributed by atoms with Crippen molar-refractivity contribution in [2.75, 3.05) is 4.72 Å². The molecule has 4 aliphatic rings. The molecule has 4 aliphatic carbocycles. The molecule has 1 amide bonds. The Hall–Kier alpha value is -5.21. The summed E-state index contributed by atoms with van der Waals surface area (Å²) in [5, 5.41) is 8.94. The number of aromatic nitrogens is 5. The van der Waals surface area contributed by atoms with Crippen molar-refractivity contribution in [1.82, 2.24) is 29.9 Å². The van der Waals surface area contributed by atoms with Crippen LogP contribution in [-0.4, -0.2) is 64.5 Å². The first-order valence-electron chi connectivity index (χ1n) is 21.2. The summed E-state index contributed by atoms with van der Waals surface area (Å²) in [4.78, 5) is 18.9. The van der Waals surface area contributed by atoms with Crippen LogP contribution in [0.1, 0.15) is 98.2 Å². The van der Waals surface area contributed by atoms with Crippen LogP contribution in [0.4, 0.5) is 49.7 Å². The first kappa shape index (κ1) is 47.8. The third kappa shape index (κ3) is 8.95. The van der Waals surface area contributed by atoms with E-state index in [2.05, 4.69) is 37.1 Å². The fourth-order valence-corrected chi connectivity index (χ4v) is 12.0. The lowest BCUT2D eigenvalue weighted by molar-refractivity contribution is -0.144. The van der Waals surface area contributed by atoms with Gasteiger partial charge in [0.2, 0.25) is 5.91 Å². The summed E-state index contributed by atoms with van der Waals surface area (Å²) in [6.45, 7) is -0.164. The number of alkyl halides is 8. The Kier molecular flexibility index (Phi) is 11.8. The molecule has 0 radical (unpaired) electrons. The summed E-state index contributed by atoms with van der Waals surface area (Å²) in [5.74, 6) is -4.63. The Labute approximate surface area is 388 Å². The van der Waals surface area contributed by atoms with Gasteiger partial charge in [0.05, 0.1) is 38.2 Å². The topological polar surface area (TPSA) is 141 Å². The zero-order valence-electron chi connectivity index (χ0n) is 35.6. The van der Waals surface area contributed by atoms with E-state index in [9.17, 15) is 52.5 Å². The second-order valence-electron chi connectivity index (χ2n) is 18.0. The van der Waals surface area contributed by atoms with E-state index in [0.29, 0.717) is 36.4 Å². The van der Waals surface area contributed by atoms with Gasteiger partial charge < -0.3 is 5.32 Å². The van der Waals surface area contributed by atoms with E-state index in [0.717, 1.165) is 12.1 Å². The molecular weight excluding hydrogens is 980 g/mol. The molecule has 68 heavy (non-hydrogen) atoms. The van der Waals surface area contributed by atoms with Crippen molar-refractivity contribution in [3.63, 3.8) is 0 Å². The average Bonchev–Trinajstić information content (AvgIpc) is 4.14. The highest BCUT2D eigenvalue weighted by molar-refractivity contribution is 7.93. The maximum absolute atomic E-state index is 15.8. The number of hydrogen-bond acceptors (Lipinski definition) is 7. The van der Waals surface area contributed by atoms with E-state index >= 15 is 8.78 Å². The Morgan fingerprint density at radius 3 is 2.22 bits per heavy atom. The first-order valence-corrected chi connectivity index (χ1v) is 24.4. The van der Waals surface area contributed by atoms with Crippen LogP contribution in [0.2, 0.25) is 5.02 Å². The fraction of sp³-hybridized carbons (Fsp3) is 0.455. The Morgan fingerprint density at radius 1 is 0.941 bits per heavy atom. The van der Waals surface area contributed by atoms with Gasteiger partial charge in [-0.15, -0.1) is 0 Å². The number of anilines is 1. The number of rotatable bonds is 13. The van der Waals surface area contributed by atoms with E-state index in [1.807, 2.05) is 0 Å². The van der Waals surface area contributed by atoms with Crippen molar-refractivity contribution in [2.45, 2.75) is 117 Å². The standard InChI is InChI=1S/C44H38ClF10N7O4S2/c1-41(2,68(65,66)26-6-7-26)14-13-24-3-8-27(28-10-12-31(45)35-37(28)62(20-42(48,49)50)59-40(35)60-67(64)25-4-5-25)36(56-24)32(17-21-15-22(46)18-23(47)16-21)57-33(63)19-61-39-34(38(58-61)44(53,54)55)29-9-11-30(29)43(39,51)52/h3,8,10,12,15-16,18,25-26,29-30,32H,4-7,9,11,17,19-20H2,1-2H3,(H,57,63)(H,59,60)/t29-,30+,32-,67?/m0/s1. The van der Waals surface area contributed by atoms with Crippen LogP contribution in [-0.2, 0) is 57.2 Å². The highest BCUT2D eigenvalue weighted by Crippen LogP contribution is 2.64. The largest absolute Gasteiger partial charge is 0.435 e. The second-order valence-corrected chi connectivity index (χ2v) is 22.6. The highest BCUT2D eigenvalue weighted by Gasteiger charge is 2.63. The molecule has 11 nitrogen and oxygen atoms in total. The van der Waals surface area contributed by atoms with Gasteiger partial charge in [-0.1, -0.05) is 23.6 Å². The molecule has 0 saturated heterocycles. The van der Waals surface area contributed by atoms with Gasteiger partial charge in [0, 0.05) is 28.7 Å². The lowest BCUT2D eigenvalue weighted by Crippen LogP contribution is -2.36. The molecule has 3 fully saturated rings. The van der Waals surface area contributed by atoms with E-state index in [-0.39, 0.29) is 72.6 Å². The third-order valence-corrected chi connectivity index (χ3v) is 17.2. The van der Waals surface area contributed by atoms with Crippen LogP contribution >= 0.6 is 11.6 Å². The number of benzene rings is 2. The molecular formula is C44H38ClF10N7O4S2. The average molecular weight is 1020 g/mol. The van der Waals surface area contributed by atoms with Gasteiger partial charge in [0.15, 0.2) is 21.3 Å². The van der Waals surface area contributed by atoms with Gasteiger partial charge >= 0.3 is 12.4 Å². The van der Waals surface area contributed by atoms with Crippen molar-refractivity contribution in [3.05, 3.63) is 93.0 Å². The lowest BCUT2D eigenvalue weighted by atomic mass is 9.73. The van der Waals surface area contributed by atoms with E-state index in [4.69, 9.17) is 11.6 Å². The van der Waals surface area contributed by atoms with Gasteiger partial charge in [-0.05, 0) is 107 Å². The molecule has 5 aromatic rings. The smallest absolute Gasteiger partial charge is 0.346 e. The van der Waals surface area contributed by atoms with Gasteiger partial charge in [-0.3, -0.25) is 18.9 Å². The van der Waals surface area contributed by atoms with Crippen molar-refractivity contribution in [2.24, 2.45) is 5.92 Å². The molecule has 3 saturated carbocycles. The van der Waals surface area contributed by atoms with E-state index < -0.39 is 121 Å². The molecule has 1 unspecified atom stereocenters. The van der Waals surface area contributed by atoms with Gasteiger partial charge in [0.25, 0.3) is 5.92 Å². The molecule has 4 atom stereocenters. The normalized spacial score (nSPS) is 20.0. The molecule has 9 rings (SSSR count). The first-order chi connectivity index (χ1) is 31.7. The SMILES string of the molecule is CC(C)(C#Cc1ccc(-c2ccc(Cl)c3c(NS(=O)C4CC4)nn(CC(F)(F)F)c23)c([C@H](Cc2cc(F)cc(F)c2)NC(=O)Cn2nc(C(F)(F)F)c3c2C(F)(F)[C@@H]2CC[C@H]32)n1)S(=O)(=O)C1CC1. The van der Waals surface area contributed by atoms with Crippen LogP contribution < -0.4 is 10.0 Å². The molecule has 2 N–H and O–H groups in total. The minimum absolute atomic E-state index is 0.0354. The predicted molar refractivity (Wildman–Crippen MR) is 229 cm³/mol. The number of nitrogens with zero attached hydrogens (tertiary/aromatic N) is 5. The van der Waals surface area contributed by atoms with Gasteiger partial charge in [-0.2, -0.15) is 45.3 Å². The third-order valence-electron chi connectivity index (χ3n) is 12.6. The molecule has 362 valence electrons. The maximum Gasteiger partial charge on any atom is 0.435 e. The molecule has 3 aromatic heterocycles. The quantitative estimate of drug-likeness (QED) is 0.0885. The van der Waals surface area contributed by atoms with Gasteiger partial charge in [0.1, 0.15) is 51.8 Å². The maximum atomic E-state index is 15.8. The number of carbonyl (C=O) groups is 1. The zero-order chi connectivity index (χ0) is 49.0. The molecule has 3 heterocycles. The summed E-state index contributed by atoms with van der Waals surface area (Å²) in [6, 6.07) is 5.88. The fourth-order valence-electron chi connectivity index (χ4n) is 8.95. The molecule has 2 aromatic carbocycles. The van der Waals surface area contributed by atoms with Crippen LogP contribution in [0, 0.1) is 29.4 Å². The number of hydrogen-bond donors (Lipinski definition) is 2. The molecule has 0 bridgehead atoms. The predicted octanol–water partition coefficient (Wildman–Crippen LogP) is 9.45. The number of nitrogens with one attached hydrogen (secondary N) is 2. The molecule has 0 aliphatic heterocycles. The van der Waals surface area contributed by atoms with Gasteiger partial charge in [-0.25, -0.2) is 26.4 Å². The molecule has 0 spiro atoms. The number of halogens is 11. The summed E-state index contributed by atoms with van der Waals surface area (Å²) in [7, 11) is -5.58. The summed E-state index contributed by atoms with van der Waals surface area (Å²) < 4.78 is 189. The summed E-state index contributed by atoms with van der Waals surface area (Å²) >= 11 is 6.64. The Morgan fingerprint density at radius 2 is 1.62 bits per heavy atom. The monoisotopic (exact) mass is 1020 g/mol. The number of carbonyl (C=O) groups excluding carboxylic acids is 1. The minimum Gasteiger partial charge on any atom is -0.346 e. The van der Waals surface area contributed by atoms with Crippen molar-refractivity contribution >= 4 is 55.1 Å². The van der Waals surface area contributed by atoms with E-state index in [1.54, 1.807) is 0 Å². The van der Waals surface area contributed by atoms with E-state index in [1.165, 1.54) is 38.1 Å². The lowest BCUT2D eigenvalue weighted by Gasteiger charge is -2.34. The summed E-state index contributed by atoms with van der Waals surface area (Å²) in [6.07, 6.45) is -8.69. The van der Waals surface area contributed by atoms with Crippen LogP contribution in [0.3, 0.4) is 0 Å². The summed E-state index contributed by atoms with van der Waals surface area (Å²) in [5.41, 5.74) is -4.43. The Balaban J connectivity index is 1.22. The van der Waals surface area contributed by atoms with Crippen molar-refractivity contribution in [1.29, 1.82) is 0 Å². The highest BCUT2D eigenvalue weighted by atomic mass is 35.5.